The summed E-state index contributed by atoms with van der Waals surface area (Å²) >= 11 is 3.49. The molecule has 2 aromatic carbocycles. The predicted octanol–water partition coefficient (Wildman–Crippen LogP) is 5.56. The van der Waals surface area contributed by atoms with Gasteiger partial charge in [-0.05, 0) is 36.1 Å². The van der Waals surface area contributed by atoms with Crippen molar-refractivity contribution in [2.75, 3.05) is 6.54 Å². The van der Waals surface area contributed by atoms with Gasteiger partial charge in [0.15, 0.2) is 0 Å². The first kappa shape index (κ1) is 18.8. The van der Waals surface area contributed by atoms with E-state index in [4.69, 9.17) is 10.1 Å². The highest BCUT2D eigenvalue weighted by atomic mass is 32.1. The lowest BCUT2D eigenvalue weighted by Crippen LogP contribution is -2.17. The fourth-order valence-electron chi connectivity index (χ4n) is 3.10. The molecule has 4 aromatic rings. The average Bonchev–Trinajstić information content (AvgIpc) is 3.29. The molecular formula is C22H20N2O2S2. The van der Waals surface area contributed by atoms with E-state index in [0.29, 0.717) is 13.1 Å². The molecule has 0 aliphatic rings. The van der Waals surface area contributed by atoms with Crippen LogP contribution in [0.3, 0.4) is 0 Å². The molecule has 4 rings (SSSR count). The number of thiophene rings is 1. The monoisotopic (exact) mass is 408 g/mol. The second-order valence-electron chi connectivity index (χ2n) is 6.59. The van der Waals surface area contributed by atoms with Gasteiger partial charge in [0.05, 0.1) is 17.0 Å². The minimum absolute atomic E-state index is 0.137. The van der Waals surface area contributed by atoms with Crippen LogP contribution in [0.1, 0.15) is 16.9 Å². The molecule has 0 aliphatic carbocycles. The summed E-state index contributed by atoms with van der Waals surface area (Å²) in [6.07, 6.45) is 0.137. The number of carbonyl (C=O) groups is 1. The number of hydrogen-bond acceptors (Lipinski definition) is 5. The van der Waals surface area contributed by atoms with Gasteiger partial charge in [0.25, 0.3) is 0 Å². The Morgan fingerprint density at radius 3 is 2.71 bits per heavy atom. The molecule has 0 fully saturated rings. The van der Waals surface area contributed by atoms with Gasteiger partial charge in [-0.1, -0.05) is 36.4 Å². The molecule has 0 aliphatic heterocycles. The summed E-state index contributed by atoms with van der Waals surface area (Å²) in [5, 5.41) is 14.1. The van der Waals surface area contributed by atoms with Crippen molar-refractivity contribution in [3.05, 3.63) is 65.0 Å². The lowest BCUT2D eigenvalue weighted by atomic mass is 10.1. The van der Waals surface area contributed by atoms with E-state index in [9.17, 15) is 4.79 Å². The van der Waals surface area contributed by atoms with Crippen LogP contribution in [0, 0.1) is 6.92 Å². The Bertz CT molecular complexity index is 1120. The standard InChI is InChI=1S/C22H20N2O2S2/c1-14-21(16-5-3-2-4-6-16)24-22(27-14)19-12-17-11-15(7-8-18(17)28-19)13-23-10-9-20(25)26/h2-8,11-12,23H,9-10,13H2,1H3,(H,25,26). The maximum absolute atomic E-state index is 10.6. The Labute approximate surface area is 171 Å². The third kappa shape index (κ3) is 4.14. The number of fused-ring (bicyclic) bond motifs is 1. The van der Waals surface area contributed by atoms with Crippen molar-refractivity contribution in [3.63, 3.8) is 0 Å². The van der Waals surface area contributed by atoms with Crippen molar-refractivity contribution in [2.24, 2.45) is 0 Å². The molecule has 0 radical (unpaired) electrons. The molecule has 0 bridgehead atoms. The number of benzene rings is 2. The van der Waals surface area contributed by atoms with E-state index in [1.807, 2.05) is 18.2 Å². The number of carboxylic acids is 1. The molecule has 0 atom stereocenters. The first-order valence-corrected chi connectivity index (χ1v) is 10.7. The predicted molar refractivity (Wildman–Crippen MR) is 117 cm³/mol. The SMILES string of the molecule is Cc1sc(-c2cc3cc(CNCCC(=O)O)ccc3s2)nc1-c1ccccc1. The first-order valence-electron chi connectivity index (χ1n) is 9.08. The Morgan fingerprint density at radius 1 is 1.11 bits per heavy atom. The molecule has 2 heterocycles. The van der Waals surface area contributed by atoms with E-state index >= 15 is 0 Å². The summed E-state index contributed by atoms with van der Waals surface area (Å²) in [5.41, 5.74) is 3.36. The Morgan fingerprint density at radius 2 is 1.93 bits per heavy atom. The highest BCUT2D eigenvalue weighted by Crippen LogP contribution is 2.39. The Kier molecular flexibility index (Phi) is 5.52. The van der Waals surface area contributed by atoms with E-state index < -0.39 is 5.97 Å². The lowest BCUT2D eigenvalue weighted by Gasteiger charge is -2.03. The summed E-state index contributed by atoms with van der Waals surface area (Å²) in [4.78, 5) is 17.9. The zero-order valence-electron chi connectivity index (χ0n) is 15.4. The van der Waals surface area contributed by atoms with E-state index in [2.05, 4.69) is 48.6 Å². The molecule has 4 nitrogen and oxygen atoms in total. The zero-order chi connectivity index (χ0) is 19.5. The highest BCUT2D eigenvalue weighted by molar-refractivity contribution is 7.26. The van der Waals surface area contributed by atoms with Crippen LogP contribution in [0.25, 0.3) is 31.2 Å². The Hall–Kier alpha value is -2.54. The number of hydrogen-bond donors (Lipinski definition) is 2. The van der Waals surface area contributed by atoms with Gasteiger partial charge in [-0.25, -0.2) is 4.98 Å². The minimum atomic E-state index is -0.779. The normalized spacial score (nSPS) is 11.2. The smallest absolute Gasteiger partial charge is 0.304 e. The summed E-state index contributed by atoms with van der Waals surface area (Å²) in [7, 11) is 0. The number of nitrogens with zero attached hydrogens (tertiary/aromatic N) is 1. The lowest BCUT2D eigenvalue weighted by molar-refractivity contribution is -0.136. The van der Waals surface area contributed by atoms with E-state index in [-0.39, 0.29) is 6.42 Å². The van der Waals surface area contributed by atoms with E-state index in [1.165, 1.54) is 19.8 Å². The fourth-order valence-corrected chi connectivity index (χ4v) is 5.13. The third-order valence-corrected chi connectivity index (χ3v) is 6.74. The molecule has 0 saturated heterocycles. The number of aromatic nitrogens is 1. The molecule has 0 spiro atoms. The molecule has 0 saturated carbocycles. The van der Waals surface area contributed by atoms with Crippen LogP contribution in [-0.4, -0.2) is 22.6 Å². The van der Waals surface area contributed by atoms with Gasteiger partial charge in [0, 0.05) is 28.2 Å². The third-order valence-electron chi connectivity index (χ3n) is 4.48. The molecule has 0 unspecified atom stereocenters. The summed E-state index contributed by atoms with van der Waals surface area (Å²) in [6, 6.07) is 18.9. The molecule has 0 amide bonds. The minimum Gasteiger partial charge on any atom is -0.481 e. The number of aliphatic carboxylic acids is 1. The quantitative estimate of drug-likeness (QED) is 0.393. The van der Waals surface area contributed by atoms with E-state index in [0.717, 1.165) is 21.8 Å². The highest BCUT2D eigenvalue weighted by Gasteiger charge is 2.13. The first-order chi connectivity index (χ1) is 13.6. The van der Waals surface area contributed by atoms with Crippen molar-refractivity contribution >= 4 is 38.7 Å². The second kappa shape index (κ2) is 8.22. The van der Waals surface area contributed by atoms with E-state index in [1.54, 1.807) is 22.7 Å². The fraction of sp³-hybridized carbons (Fsp3) is 0.182. The van der Waals surface area contributed by atoms with Crippen LogP contribution in [-0.2, 0) is 11.3 Å². The van der Waals surface area contributed by atoms with Crippen LogP contribution < -0.4 is 5.32 Å². The molecule has 2 N–H and O–H groups in total. The molecule has 6 heteroatoms. The van der Waals surface area contributed by atoms with Crippen molar-refractivity contribution in [3.8, 4) is 21.1 Å². The zero-order valence-corrected chi connectivity index (χ0v) is 17.1. The number of carboxylic acid groups (broad SMARTS) is 1. The van der Waals surface area contributed by atoms with Gasteiger partial charge < -0.3 is 10.4 Å². The molecule has 28 heavy (non-hydrogen) atoms. The van der Waals surface area contributed by atoms with Crippen LogP contribution in [0.5, 0.6) is 0 Å². The molecule has 2 aromatic heterocycles. The van der Waals surface area contributed by atoms with Gasteiger partial charge in [-0.15, -0.1) is 22.7 Å². The van der Waals surface area contributed by atoms with Gasteiger partial charge in [0.1, 0.15) is 5.01 Å². The maximum Gasteiger partial charge on any atom is 0.304 e. The second-order valence-corrected chi connectivity index (χ2v) is 8.88. The van der Waals surface area contributed by atoms with Gasteiger partial charge >= 0.3 is 5.97 Å². The van der Waals surface area contributed by atoms with Gasteiger partial charge in [-0.2, -0.15) is 0 Å². The van der Waals surface area contributed by atoms with Crippen molar-refractivity contribution in [1.29, 1.82) is 0 Å². The number of rotatable bonds is 7. The topological polar surface area (TPSA) is 62.2 Å². The molecule has 142 valence electrons. The van der Waals surface area contributed by atoms with Crippen LogP contribution in [0.4, 0.5) is 0 Å². The van der Waals surface area contributed by atoms with Gasteiger partial charge in [0.2, 0.25) is 0 Å². The van der Waals surface area contributed by atoms with Gasteiger partial charge in [-0.3, -0.25) is 4.79 Å². The Balaban J connectivity index is 1.56. The van der Waals surface area contributed by atoms with Crippen molar-refractivity contribution < 1.29 is 9.90 Å². The van der Waals surface area contributed by atoms with Crippen LogP contribution in [0.15, 0.2) is 54.6 Å². The van der Waals surface area contributed by atoms with Crippen molar-refractivity contribution in [1.82, 2.24) is 10.3 Å². The van der Waals surface area contributed by atoms with Crippen LogP contribution >= 0.6 is 22.7 Å². The summed E-state index contributed by atoms with van der Waals surface area (Å²) < 4.78 is 1.23. The number of aryl methyl sites for hydroxylation is 1. The molecular weight excluding hydrogens is 388 g/mol. The van der Waals surface area contributed by atoms with Crippen molar-refractivity contribution in [2.45, 2.75) is 19.9 Å². The van der Waals surface area contributed by atoms with Crippen LogP contribution in [0.2, 0.25) is 0 Å². The summed E-state index contributed by atoms with van der Waals surface area (Å²) in [6.45, 7) is 3.27. The maximum atomic E-state index is 10.6. The number of thiazole rings is 1. The summed E-state index contributed by atoms with van der Waals surface area (Å²) in [5.74, 6) is -0.779. The average molecular weight is 409 g/mol. The number of nitrogens with one attached hydrogen (secondary N) is 1. The largest absolute Gasteiger partial charge is 0.481 e.